The number of carboxylic acid groups (broad SMARTS) is 1. The van der Waals surface area contributed by atoms with Crippen LogP contribution in [0.15, 0.2) is 0 Å². The van der Waals surface area contributed by atoms with Crippen molar-refractivity contribution < 1.29 is 24.2 Å². The molecular formula is C11H22Cl2O5. The molecule has 0 aliphatic rings. The number of halogens is 2. The Kier molecular flexibility index (Phi) is 16.3. The van der Waals surface area contributed by atoms with Gasteiger partial charge in [-0.15, -0.1) is 0 Å². The van der Waals surface area contributed by atoms with Gasteiger partial charge in [0.25, 0.3) is 0 Å². The van der Waals surface area contributed by atoms with Gasteiger partial charge in [-0.2, -0.15) is 0 Å². The molecule has 0 aliphatic carbocycles. The minimum absolute atomic E-state index is 0.0417. The van der Waals surface area contributed by atoms with Crippen molar-refractivity contribution in [2.45, 2.75) is 45.1 Å². The lowest BCUT2D eigenvalue weighted by Gasteiger charge is -2.14. The second kappa shape index (κ2) is 12.9. The molecule has 0 heterocycles. The number of hydrogen-bond acceptors (Lipinski definition) is 4. The third kappa shape index (κ3) is 36.1. The standard InChI is InChI=1S/C5H12O.C4H8O2.C2H2Cl2O2/c1-5(2,3)6-4;1-3-6-4(2)5;3-1(4)2(5)6/h1-4H3;3H2,1-2H3;1H,(H,5,6). The Balaban J connectivity index is -0.000000187. The quantitative estimate of drug-likeness (QED) is 0.627. The number of carbonyl (C=O) groups is 2. The average Bonchev–Trinajstić information content (AvgIpc) is 2.18. The van der Waals surface area contributed by atoms with Crippen LogP contribution in [0, 0.1) is 0 Å². The molecule has 0 aliphatic heterocycles. The van der Waals surface area contributed by atoms with Crippen molar-refractivity contribution in [3.05, 3.63) is 0 Å². The van der Waals surface area contributed by atoms with Gasteiger partial charge in [0.05, 0.1) is 12.2 Å². The molecule has 0 rings (SSSR count). The summed E-state index contributed by atoms with van der Waals surface area (Å²) in [6.45, 7) is 9.72. The van der Waals surface area contributed by atoms with E-state index in [2.05, 4.69) is 4.74 Å². The Morgan fingerprint density at radius 3 is 1.56 bits per heavy atom. The van der Waals surface area contributed by atoms with Crippen LogP contribution in [0.3, 0.4) is 0 Å². The van der Waals surface area contributed by atoms with Crippen molar-refractivity contribution in [1.29, 1.82) is 0 Å². The van der Waals surface area contributed by atoms with Crippen LogP contribution in [-0.4, -0.2) is 41.2 Å². The van der Waals surface area contributed by atoms with Crippen molar-refractivity contribution in [3.63, 3.8) is 0 Å². The van der Waals surface area contributed by atoms with E-state index in [1.54, 1.807) is 14.0 Å². The zero-order valence-electron chi connectivity index (χ0n) is 11.6. The molecule has 0 aromatic heterocycles. The topological polar surface area (TPSA) is 72.8 Å². The number of hydrogen-bond donors (Lipinski definition) is 1. The van der Waals surface area contributed by atoms with Crippen LogP contribution in [0.1, 0.15) is 34.6 Å². The van der Waals surface area contributed by atoms with E-state index in [1.807, 2.05) is 20.8 Å². The molecule has 0 bridgehead atoms. The molecule has 0 radical (unpaired) electrons. The molecule has 0 fully saturated rings. The Labute approximate surface area is 118 Å². The van der Waals surface area contributed by atoms with E-state index in [0.29, 0.717) is 6.61 Å². The van der Waals surface area contributed by atoms with Crippen LogP contribution in [0.25, 0.3) is 0 Å². The number of esters is 1. The minimum atomic E-state index is -1.29. The van der Waals surface area contributed by atoms with Crippen LogP contribution < -0.4 is 0 Å². The minimum Gasteiger partial charge on any atom is -0.479 e. The second-order valence-electron chi connectivity index (χ2n) is 3.88. The molecule has 0 aromatic rings. The fraction of sp³-hybridized carbons (Fsp3) is 0.818. The zero-order chi connectivity index (χ0) is 15.4. The van der Waals surface area contributed by atoms with Gasteiger partial charge in [-0.05, 0) is 27.7 Å². The second-order valence-corrected chi connectivity index (χ2v) is 4.98. The molecule has 0 atom stereocenters. The molecule has 5 nitrogen and oxygen atoms in total. The third-order valence-electron chi connectivity index (χ3n) is 1.15. The molecule has 0 saturated heterocycles. The SMILES string of the molecule is CCOC(C)=O.COC(C)(C)C.O=C(O)C(Cl)Cl. The van der Waals surface area contributed by atoms with Crippen molar-refractivity contribution in [1.82, 2.24) is 0 Å². The van der Waals surface area contributed by atoms with Crippen LogP contribution in [-0.2, 0) is 19.1 Å². The van der Waals surface area contributed by atoms with Crippen LogP contribution >= 0.6 is 23.2 Å². The van der Waals surface area contributed by atoms with Crippen LogP contribution in [0.4, 0.5) is 0 Å². The van der Waals surface area contributed by atoms with Gasteiger partial charge in [-0.1, -0.05) is 23.2 Å². The van der Waals surface area contributed by atoms with Gasteiger partial charge in [0.15, 0.2) is 0 Å². The van der Waals surface area contributed by atoms with Gasteiger partial charge < -0.3 is 14.6 Å². The van der Waals surface area contributed by atoms with Crippen molar-refractivity contribution in [3.8, 4) is 0 Å². The summed E-state index contributed by atoms with van der Waals surface area (Å²) in [6, 6.07) is 0. The lowest BCUT2D eigenvalue weighted by atomic mass is 10.2. The zero-order valence-corrected chi connectivity index (χ0v) is 13.1. The highest BCUT2D eigenvalue weighted by Gasteiger charge is 2.05. The fourth-order valence-corrected chi connectivity index (χ4v) is 0.203. The molecule has 0 unspecified atom stereocenters. The number of rotatable bonds is 2. The maximum Gasteiger partial charge on any atom is 0.337 e. The van der Waals surface area contributed by atoms with Gasteiger partial charge in [-0.25, -0.2) is 4.79 Å². The molecular weight excluding hydrogens is 283 g/mol. The lowest BCUT2D eigenvalue weighted by molar-refractivity contribution is -0.140. The predicted molar refractivity (Wildman–Crippen MR) is 72.2 cm³/mol. The fourth-order valence-electron chi connectivity index (χ4n) is 0.203. The Hall–Kier alpha value is -0.520. The number of aliphatic carboxylic acids is 1. The number of carboxylic acids is 1. The summed E-state index contributed by atoms with van der Waals surface area (Å²) in [7, 11) is 1.71. The van der Waals surface area contributed by atoms with E-state index in [0.717, 1.165) is 0 Å². The van der Waals surface area contributed by atoms with Crippen LogP contribution in [0.2, 0.25) is 0 Å². The summed E-state index contributed by atoms with van der Waals surface area (Å²) >= 11 is 9.56. The third-order valence-corrected chi connectivity index (χ3v) is 1.52. The van der Waals surface area contributed by atoms with Crippen molar-refractivity contribution in [2.24, 2.45) is 0 Å². The van der Waals surface area contributed by atoms with Gasteiger partial charge in [0, 0.05) is 14.0 Å². The van der Waals surface area contributed by atoms with E-state index in [-0.39, 0.29) is 11.6 Å². The first kappa shape index (κ1) is 22.6. The van der Waals surface area contributed by atoms with Gasteiger partial charge in [0.1, 0.15) is 0 Å². The average molecular weight is 305 g/mol. The lowest BCUT2D eigenvalue weighted by Crippen LogP contribution is -2.15. The summed E-state index contributed by atoms with van der Waals surface area (Å²) in [4.78, 5) is 18.0. The van der Waals surface area contributed by atoms with E-state index >= 15 is 0 Å². The van der Waals surface area contributed by atoms with Crippen molar-refractivity contribution in [2.75, 3.05) is 13.7 Å². The molecule has 110 valence electrons. The normalized spacial score (nSPS) is 9.61. The van der Waals surface area contributed by atoms with Crippen LogP contribution in [0.5, 0.6) is 0 Å². The summed E-state index contributed by atoms with van der Waals surface area (Å²) in [5, 5.41) is 7.73. The highest BCUT2D eigenvalue weighted by atomic mass is 35.5. The molecule has 0 aromatic carbocycles. The van der Waals surface area contributed by atoms with Gasteiger partial charge in [0.2, 0.25) is 4.84 Å². The van der Waals surface area contributed by atoms with Gasteiger partial charge in [-0.3, -0.25) is 4.79 Å². The summed E-state index contributed by atoms with van der Waals surface area (Å²) in [5.41, 5.74) is 0.0417. The number of alkyl halides is 2. The number of ether oxygens (including phenoxy) is 2. The maximum atomic E-state index is 9.82. The molecule has 0 spiro atoms. The Morgan fingerprint density at radius 2 is 1.56 bits per heavy atom. The smallest absolute Gasteiger partial charge is 0.337 e. The summed E-state index contributed by atoms with van der Waals surface area (Å²) < 4.78 is 9.34. The first-order valence-electron chi connectivity index (χ1n) is 5.17. The summed E-state index contributed by atoms with van der Waals surface area (Å²) in [6.07, 6.45) is 0. The first-order chi connectivity index (χ1) is 7.97. The molecule has 1 N–H and O–H groups in total. The number of methoxy groups -OCH3 is 1. The number of carbonyl (C=O) groups excluding carboxylic acids is 1. The highest BCUT2D eigenvalue weighted by molar-refractivity contribution is 6.52. The van der Waals surface area contributed by atoms with Crippen molar-refractivity contribution >= 4 is 35.1 Å². The summed E-state index contributed by atoms with van der Waals surface area (Å²) in [5.74, 6) is -1.42. The molecule has 0 saturated carbocycles. The Morgan fingerprint density at radius 1 is 1.28 bits per heavy atom. The first-order valence-corrected chi connectivity index (χ1v) is 6.04. The highest BCUT2D eigenvalue weighted by Crippen LogP contribution is 2.02. The molecule has 18 heavy (non-hydrogen) atoms. The van der Waals surface area contributed by atoms with E-state index < -0.39 is 10.8 Å². The predicted octanol–water partition coefficient (Wildman–Crippen LogP) is 2.88. The monoisotopic (exact) mass is 304 g/mol. The Bertz CT molecular complexity index is 224. The molecule has 0 amide bonds. The van der Waals surface area contributed by atoms with E-state index in [4.69, 9.17) is 33.0 Å². The van der Waals surface area contributed by atoms with E-state index in [1.165, 1.54) is 6.92 Å². The van der Waals surface area contributed by atoms with Gasteiger partial charge >= 0.3 is 11.9 Å². The largest absolute Gasteiger partial charge is 0.479 e. The molecule has 7 heteroatoms. The maximum absolute atomic E-state index is 9.82. The van der Waals surface area contributed by atoms with E-state index in [9.17, 15) is 9.59 Å².